The van der Waals surface area contributed by atoms with Crippen molar-refractivity contribution in [3.63, 3.8) is 0 Å². The van der Waals surface area contributed by atoms with Crippen molar-refractivity contribution in [2.45, 2.75) is 38.8 Å². The van der Waals surface area contributed by atoms with Gasteiger partial charge in [-0.05, 0) is 54.2 Å². The molecular formula is C13H21BrN2S. The van der Waals surface area contributed by atoms with E-state index in [1.54, 1.807) is 11.3 Å². The van der Waals surface area contributed by atoms with Crippen molar-refractivity contribution < 1.29 is 0 Å². The van der Waals surface area contributed by atoms with Crippen LogP contribution in [0.4, 0.5) is 0 Å². The van der Waals surface area contributed by atoms with E-state index in [2.05, 4.69) is 53.2 Å². The smallest absolute Gasteiger partial charge is 0.0357 e. The first-order valence-electron chi connectivity index (χ1n) is 6.05. The van der Waals surface area contributed by atoms with Crippen LogP contribution >= 0.6 is 27.3 Å². The van der Waals surface area contributed by atoms with Crippen molar-refractivity contribution in [3.05, 3.63) is 20.8 Å². The van der Waals surface area contributed by atoms with Crippen LogP contribution in [0, 0.1) is 5.41 Å². The quantitative estimate of drug-likeness (QED) is 0.901. The minimum absolute atomic E-state index is 0.115. The molecule has 1 saturated carbocycles. The van der Waals surface area contributed by atoms with Crippen molar-refractivity contribution in [2.24, 2.45) is 11.1 Å². The van der Waals surface area contributed by atoms with E-state index in [1.165, 1.54) is 22.2 Å². The highest BCUT2D eigenvalue weighted by Gasteiger charge is 2.54. The number of hydrogen-bond acceptors (Lipinski definition) is 3. The second-order valence-corrected chi connectivity index (χ2v) is 7.54. The largest absolute Gasteiger partial charge is 0.329 e. The molecule has 2 nitrogen and oxygen atoms in total. The summed E-state index contributed by atoms with van der Waals surface area (Å²) in [5.41, 5.74) is 6.57. The average molecular weight is 317 g/mol. The van der Waals surface area contributed by atoms with E-state index in [1.807, 2.05) is 0 Å². The Kier molecular flexibility index (Phi) is 3.70. The number of likely N-dealkylation sites (N-methyl/N-ethyl adjacent to an activating group) is 1. The summed E-state index contributed by atoms with van der Waals surface area (Å²) in [6.45, 7) is 6.38. The number of thiophene rings is 1. The maximum atomic E-state index is 6.05. The van der Waals surface area contributed by atoms with Gasteiger partial charge in [0.2, 0.25) is 0 Å². The summed E-state index contributed by atoms with van der Waals surface area (Å²) in [4.78, 5) is 3.82. The van der Waals surface area contributed by atoms with Crippen LogP contribution in [0.25, 0.3) is 0 Å². The average Bonchev–Trinajstić information content (AvgIpc) is 2.92. The molecule has 1 aliphatic carbocycles. The molecule has 1 aromatic rings. The normalized spacial score (nSPS) is 21.5. The Morgan fingerprint density at radius 3 is 2.65 bits per heavy atom. The van der Waals surface area contributed by atoms with E-state index < -0.39 is 0 Å². The first-order chi connectivity index (χ1) is 7.91. The summed E-state index contributed by atoms with van der Waals surface area (Å²) in [6, 6.07) is 2.20. The van der Waals surface area contributed by atoms with E-state index in [4.69, 9.17) is 5.73 Å². The van der Waals surface area contributed by atoms with Crippen LogP contribution in [0.3, 0.4) is 0 Å². The lowest BCUT2D eigenvalue weighted by molar-refractivity contribution is 0.0668. The Bertz CT molecular complexity index is 400. The molecule has 1 fully saturated rings. The van der Waals surface area contributed by atoms with Crippen molar-refractivity contribution in [1.29, 1.82) is 0 Å². The fourth-order valence-electron chi connectivity index (χ4n) is 2.43. The van der Waals surface area contributed by atoms with Gasteiger partial charge in [0, 0.05) is 33.4 Å². The van der Waals surface area contributed by atoms with Gasteiger partial charge in [-0.2, -0.15) is 0 Å². The topological polar surface area (TPSA) is 29.3 Å². The Morgan fingerprint density at radius 2 is 2.24 bits per heavy atom. The summed E-state index contributed by atoms with van der Waals surface area (Å²) in [5, 5.41) is 2.14. The van der Waals surface area contributed by atoms with E-state index in [9.17, 15) is 0 Å². The molecule has 96 valence electrons. The van der Waals surface area contributed by atoms with Crippen LogP contribution in [0.1, 0.15) is 31.6 Å². The molecule has 1 heterocycles. The van der Waals surface area contributed by atoms with Crippen molar-refractivity contribution >= 4 is 27.3 Å². The van der Waals surface area contributed by atoms with Crippen LogP contribution in [0.5, 0.6) is 0 Å². The molecule has 1 aromatic heterocycles. The molecule has 0 spiro atoms. The van der Waals surface area contributed by atoms with E-state index in [0.29, 0.717) is 5.41 Å². The van der Waals surface area contributed by atoms with Crippen LogP contribution in [0.15, 0.2) is 15.9 Å². The Balaban J connectivity index is 2.10. The lowest BCUT2D eigenvalue weighted by Gasteiger charge is -2.43. The molecule has 4 heteroatoms. The third-order valence-corrected chi connectivity index (χ3v) is 6.24. The molecule has 2 N–H and O–H groups in total. The maximum absolute atomic E-state index is 6.05. The second-order valence-electron chi connectivity index (χ2n) is 5.63. The molecular weight excluding hydrogens is 296 g/mol. The third-order valence-electron chi connectivity index (χ3n) is 4.55. The van der Waals surface area contributed by atoms with Gasteiger partial charge in [-0.3, -0.25) is 4.90 Å². The van der Waals surface area contributed by atoms with Gasteiger partial charge in [-0.1, -0.05) is 6.92 Å². The van der Waals surface area contributed by atoms with Crippen LogP contribution in [0.2, 0.25) is 0 Å². The van der Waals surface area contributed by atoms with Crippen LogP contribution in [-0.2, 0) is 6.54 Å². The summed E-state index contributed by atoms with van der Waals surface area (Å²) >= 11 is 5.31. The first kappa shape index (κ1) is 13.5. The highest BCUT2D eigenvalue weighted by atomic mass is 79.9. The summed E-state index contributed by atoms with van der Waals surface area (Å²) < 4.78 is 1.18. The van der Waals surface area contributed by atoms with Gasteiger partial charge in [0.15, 0.2) is 0 Å². The predicted octanol–water partition coefficient (Wildman–Crippen LogP) is 3.46. The Labute approximate surface area is 116 Å². The molecule has 0 aromatic carbocycles. The minimum Gasteiger partial charge on any atom is -0.329 e. The number of nitrogens with zero attached hydrogens (tertiary/aromatic N) is 1. The number of rotatable bonds is 5. The molecule has 17 heavy (non-hydrogen) atoms. The third kappa shape index (κ3) is 2.46. The molecule has 0 aliphatic heterocycles. The van der Waals surface area contributed by atoms with Gasteiger partial charge >= 0.3 is 0 Å². The monoisotopic (exact) mass is 316 g/mol. The second kappa shape index (κ2) is 4.65. The van der Waals surface area contributed by atoms with Gasteiger partial charge < -0.3 is 5.73 Å². The van der Waals surface area contributed by atoms with Gasteiger partial charge in [0.1, 0.15) is 0 Å². The van der Waals surface area contributed by atoms with Crippen LogP contribution < -0.4 is 5.73 Å². The fourth-order valence-corrected chi connectivity index (χ4v) is 3.94. The van der Waals surface area contributed by atoms with Crippen molar-refractivity contribution in [3.8, 4) is 0 Å². The van der Waals surface area contributed by atoms with E-state index in [0.717, 1.165) is 13.1 Å². The zero-order valence-corrected chi connectivity index (χ0v) is 13.2. The summed E-state index contributed by atoms with van der Waals surface area (Å²) in [5.74, 6) is 0. The molecule has 0 saturated heterocycles. The zero-order valence-electron chi connectivity index (χ0n) is 10.8. The van der Waals surface area contributed by atoms with Crippen molar-refractivity contribution in [2.75, 3.05) is 13.6 Å². The number of nitrogens with two attached hydrogens (primary N) is 1. The first-order valence-corrected chi connectivity index (χ1v) is 7.73. The van der Waals surface area contributed by atoms with Crippen molar-refractivity contribution in [1.82, 2.24) is 4.90 Å². The minimum atomic E-state index is 0.115. The number of hydrogen-bond donors (Lipinski definition) is 1. The lowest BCUT2D eigenvalue weighted by atomic mass is 9.82. The Morgan fingerprint density at radius 1 is 1.59 bits per heavy atom. The molecule has 0 bridgehead atoms. The highest BCUT2D eigenvalue weighted by molar-refractivity contribution is 9.10. The molecule has 1 unspecified atom stereocenters. The maximum Gasteiger partial charge on any atom is 0.0357 e. The SMILES string of the molecule is CN(Cc1cc(Br)cs1)C(C)(CN)C1(C)CC1. The standard InChI is InChI=1S/C13H21BrN2S/c1-12(4-5-12)13(2,9-15)16(3)7-11-6-10(14)8-17-11/h6,8H,4-5,7,9,15H2,1-3H3. The fraction of sp³-hybridized carbons (Fsp3) is 0.692. The van der Waals surface area contributed by atoms with Gasteiger partial charge in [0.05, 0.1) is 0 Å². The summed E-state index contributed by atoms with van der Waals surface area (Å²) in [7, 11) is 2.20. The molecule has 1 aliphatic rings. The molecule has 0 amide bonds. The molecule has 0 radical (unpaired) electrons. The predicted molar refractivity (Wildman–Crippen MR) is 78.3 cm³/mol. The van der Waals surface area contributed by atoms with Gasteiger partial charge in [0.25, 0.3) is 0 Å². The molecule has 1 atom stereocenters. The van der Waals surface area contributed by atoms with Crippen LogP contribution in [-0.4, -0.2) is 24.0 Å². The summed E-state index contributed by atoms with van der Waals surface area (Å²) in [6.07, 6.45) is 2.61. The van der Waals surface area contributed by atoms with Gasteiger partial charge in [-0.25, -0.2) is 0 Å². The van der Waals surface area contributed by atoms with E-state index >= 15 is 0 Å². The number of halogens is 1. The lowest BCUT2D eigenvalue weighted by Crippen LogP contribution is -2.54. The van der Waals surface area contributed by atoms with E-state index in [-0.39, 0.29) is 5.54 Å². The Hall–Kier alpha value is 0.1000. The van der Waals surface area contributed by atoms with Gasteiger partial charge in [-0.15, -0.1) is 11.3 Å². The zero-order chi connectivity index (χ0) is 12.7. The molecule has 2 rings (SSSR count). The highest BCUT2D eigenvalue weighted by Crippen LogP contribution is 2.55.